The van der Waals surface area contributed by atoms with Crippen LogP contribution in [0.2, 0.25) is 0 Å². The number of hydrogen-bond donors (Lipinski definition) is 0. The van der Waals surface area contributed by atoms with Crippen molar-refractivity contribution in [3.05, 3.63) is 0 Å². The second kappa shape index (κ2) is 2.34. The predicted molar refractivity (Wildman–Crippen MR) is 51.1 cm³/mol. The van der Waals surface area contributed by atoms with Gasteiger partial charge < -0.3 is 0 Å². The van der Waals surface area contributed by atoms with Crippen LogP contribution in [-0.2, 0) is 0 Å². The molecule has 1 aliphatic heterocycles. The van der Waals surface area contributed by atoms with E-state index in [2.05, 4.69) is 32.9 Å². The zero-order valence-electron chi connectivity index (χ0n) is 6.44. The second-order valence-corrected chi connectivity index (χ2v) is 5.10. The van der Waals surface area contributed by atoms with Crippen molar-refractivity contribution < 1.29 is 0 Å². The summed E-state index contributed by atoms with van der Waals surface area (Å²) in [4.78, 5) is 0. The Kier molecular flexibility index (Phi) is 1.72. The van der Waals surface area contributed by atoms with Gasteiger partial charge >= 0.3 is 0 Å². The molecule has 0 unspecified atom stereocenters. The van der Waals surface area contributed by atoms with Gasteiger partial charge in [-0.05, 0) is 31.6 Å². The third-order valence-electron chi connectivity index (χ3n) is 3.00. The Balaban J connectivity index is 2.08. The zero-order valence-corrected chi connectivity index (χ0v) is 8.60. The summed E-state index contributed by atoms with van der Waals surface area (Å²) in [6.07, 6.45) is 5.84. The first kappa shape index (κ1) is 7.35. The van der Waals surface area contributed by atoms with Gasteiger partial charge in [0, 0.05) is 34.9 Å². The molecule has 0 aromatic carbocycles. The van der Waals surface area contributed by atoms with Gasteiger partial charge in [0.05, 0.1) is 0 Å². The smallest absolute Gasteiger partial charge is 0.0308 e. The number of halogens is 1. The number of hydrogen-bond acceptors (Lipinski definition) is 1. The van der Waals surface area contributed by atoms with Crippen LogP contribution < -0.4 is 0 Å². The molecule has 10 heavy (non-hydrogen) atoms. The molecule has 0 aromatic heterocycles. The van der Waals surface area contributed by atoms with E-state index in [-0.39, 0.29) is 0 Å². The third-order valence-corrected chi connectivity index (χ3v) is 4.42. The van der Waals surface area contributed by atoms with Crippen molar-refractivity contribution >= 4 is 22.9 Å². The van der Waals surface area contributed by atoms with Crippen LogP contribution in [0.3, 0.4) is 0 Å². The molecule has 2 fully saturated rings. The van der Waals surface area contributed by atoms with E-state index in [9.17, 15) is 0 Å². The third kappa shape index (κ3) is 0.916. The maximum Gasteiger partial charge on any atom is 0.0308 e. The molecule has 1 heterocycles. The van der Waals surface area contributed by atoms with Gasteiger partial charge in [-0.15, -0.1) is 0 Å². The average Bonchev–Trinajstić information content (AvgIpc) is 2.04. The van der Waals surface area contributed by atoms with Crippen molar-refractivity contribution in [3.63, 3.8) is 0 Å². The fourth-order valence-electron chi connectivity index (χ4n) is 2.31. The molecule has 2 aliphatic rings. The van der Waals surface area contributed by atoms with Crippen molar-refractivity contribution in [2.24, 2.45) is 5.92 Å². The van der Waals surface area contributed by atoms with Crippen molar-refractivity contribution in [1.82, 2.24) is 3.11 Å². The lowest BCUT2D eigenvalue weighted by Gasteiger charge is -2.42. The molecule has 0 bridgehead atoms. The molecule has 0 amide bonds. The van der Waals surface area contributed by atoms with Gasteiger partial charge in [0.2, 0.25) is 0 Å². The first-order valence-electron chi connectivity index (χ1n) is 4.16. The highest BCUT2D eigenvalue weighted by molar-refractivity contribution is 14.1. The van der Waals surface area contributed by atoms with E-state index in [1.165, 1.54) is 32.2 Å². The highest BCUT2D eigenvalue weighted by Crippen LogP contribution is 2.48. The molecule has 0 N–H and O–H groups in total. The maximum absolute atomic E-state index is 2.55. The van der Waals surface area contributed by atoms with Crippen LogP contribution in [-0.4, -0.2) is 15.2 Å². The summed E-state index contributed by atoms with van der Waals surface area (Å²) >= 11 is 2.51. The van der Waals surface area contributed by atoms with Crippen molar-refractivity contribution in [3.8, 4) is 0 Å². The number of nitrogens with zero attached hydrogens (tertiary/aromatic N) is 1. The fourth-order valence-corrected chi connectivity index (χ4v) is 3.66. The lowest BCUT2D eigenvalue weighted by molar-refractivity contribution is 0.152. The molecule has 2 heteroatoms. The Morgan fingerprint density at radius 1 is 1.50 bits per heavy atom. The van der Waals surface area contributed by atoms with E-state index in [1.807, 2.05) is 0 Å². The molecule has 2 rings (SSSR count). The quantitative estimate of drug-likeness (QED) is 0.472. The van der Waals surface area contributed by atoms with Gasteiger partial charge in [-0.1, -0.05) is 6.92 Å². The van der Waals surface area contributed by atoms with Crippen LogP contribution >= 0.6 is 22.9 Å². The Morgan fingerprint density at radius 3 is 2.40 bits per heavy atom. The van der Waals surface area contributed by atoms with E-state index < -0.39 is 0 Å². The minimum absolute atomic E-state index is 0.667. The van der Waals surface area contributed by atoms with Gasteiger partial charge in [0.1, 0.15) is 0 Å². The lowest BCUT2D eigenvalue weighted by atomic mass is 9.75. The van der Waals surface area contributed by atoms with Gasteiger partial charge in [-0.2, -0.15) is 0 Å². The lowest BCUT2D eigenvalue weighted by Crippen LogP contribution is -2.43. The van der Waals surface area contributed by atoms with Gasteiger partial charge in [0.15, 0.2) is 0 Å². The molecule has 1 saturated carbocycles. The molecular formula is C8H14IN. The monoisotopic (exact) mass is 251 g/mol. The molecule has 0 aromatic rings. The zero-order chi connectivity index (χ0) is 7.19. The van der Waals surface area contributed by atoms with Crippen LogP contribution in [0.5, 0.6) is 0 Å². The standard InChI is InChI=1S/C8H14IN/c1-7-5-8(3-2-4-8)10(9)6-7/h7H,2-6H2,1H3/t7-/m1/s1. The van der Waals surface area contributed by atoms with Gasteiger partial charge in [-0.3, -0.25) is 0 Å². The summed E-state index contributed by atoms with van der Waals surface area (Å²) in [6.45, 7) is 3.69. The summed E-state index contributed by atoms with van der Waals surface area (Å²) in [6, 6.07) is 0. The second-order valence-electron chi connectivity index (χ2n) is 3.93. The summed E-state index contributed by atoms with van der Waals surface area (Å²) in [5.41, 5.74) is 0.667. The first-order chi connectivity index (χ1) is 4.73. The predicted octanol–water partition coefficient (Wildman–Crippen LogP) is 2.60. The molecular weight excluding hydrogens is 237 g/mol. The highest BCUT2D eigenvalue weighted by Gasteiger charge is 2.47. The SMILES string of the molecule is C[C@H]1CN(I)C2(CCC2)C1. The molecule has 1 atom stereocenters. The Labute approximate surface area is 76.7 Å². The number of rotatable bonds is 0. The Bertz CT molecular complexity index is 142. The van der Waals surface area contributed by atoms with Crippen molar-refractivity contribution in [2.45, 2.75) is 38.1 Å². The van der Waals surface area contributed by atoms with Gasteiger partial charge in [0.25, 0.3) is 0 Å². The van der Waals surface area contributed by atoms with E-state index in [4.69, 9.17) is 0 Å². The molecule has 1 spiro atoms. The van der Waals surface area contributed by atoms with E-state index in [0.717, 1.165) is 5.92 Å². The average molecular weight is 251 g/mol. The fraction of sp³-hybridized carbons (Fsp3) is 1.00. The Morgan fingerprint density at radius 2 is 2.20 bits per heavy atom. The van der Waals surface area contributed by atoms with E-state index >= 15 is 0 Å². The van der Waals surface area contributed by atoms with Gasteiger partial charge in [-0.25, -0.2) is 3.11 Å². The van der Waals surface area contributed by atoms with Crippen LogP contribution in [0.15, 0.2) is 0 Å². The summed E-state index contributed by atoms with van der Waals surface area (Å²) < 4.78 is 2.55. The van der Waals surface area contributed by atoms with Crippen LogP contribution in [0.25, 0.3) is 0 Å². The molecule has 0 radical (unpaired) electrons. The van der Waals surface area contributed by atoms with E-state index in [1.54, 1.807) is 0 Å². The minimum atomic E-state index is 0.667. The summed E-state index contributed by atoms with van der Waals surface area (Å²) in [5, 5.41) is 0. The Hall–Kier alpha value is 0.690. The highest BCUT2D eigenvalue weighted by atomic mass is 127. The normalized spacial score (nSPS) is 38.4. The van der Waals surface area contributed by atoms with Crippen molar-refractivity contribution in [1.29, 1.82) is 0 Å². The summed E-state index contributed by atoms with van der Waals surface area (Å²) in [5.74, 6) is 0.942. The molecule has 58 valence electrons. The minimum Gasteiger partial charge on any atom is -0.241 e. The van der Waals surface area contributed by atoms with Crippen LogP contribution in [0, 0.1) is 5.92 Å². The summed E-state index contributed by atoms with van der Waals surface area (Å²) in [7, 11) is 0. The first-order valence-corrected chi connectivity index (χ1v) is 5.13. The van der Waals surface area contributed by atoms with Crippen LogP contribution in [0.1, 0.15) is 32.6 Å². The largest absolute Gasteiger partial charge is 0.241 e. The topological polar surface area (TPSA) is 3.24 Å². The molecule has 1 nitrogen and oxygen atoms in total. The molecule has 1 saturated heterocycles. The van der Waals surface area contributed by atoms with E-state index in [0.29, 0.717) is 5.54 Å². The van der Waals surface area contributed by atoms with Crippen LogP contribution in [0.4, 0.5) is 0 Å². The maximum atomic E-state index is 2.55. The molecule has 1 aliphatic carbocycles. The van der Waals surface area contributed by atoms with Crippen molar-refractivity contribution in [2.75, 3.05) is 6.54 Å².